The molecule has 3 fully saturated rings. The highest BCUT2D eigenvalue weighted by Gasteiger charge is 2.53. The predicted molar refractivity (Wildman–Crippen MR) is 63.4 cm³/mol. The molecule has 5 atom stereocenters. The number of aliphatic carboxylic acids is 1. The Balaban J connectivity index is 1.73. The number of aliphatic hydroxyl groups is 2. The van der Waals surface area contributed by atoms with Crippen LogP contribution in [0.5, 0.6) is 0 Å². The minimum absolute atomic E-state index is 0.00603. The summed E-state index contributed by atoms with van der Waals surface area (Å²) in [6.45, 7) is 0.237. The molecule has 0 spiro atoms. The maximum atomic E-state index is 12.4. The lowest BCUT2D eigenvalue weighted by atomic mass is 9.89. The van der Waals surface area contributed by atoms with E-state index in [2.05, 4.69) is 0 Å². The molecule has 3 aliphatic heterocycles. The number of likely N-dealkylation sites (tertiary alicyclic amines) is 1. The number of carboxylic acid groups (broad SMARTS) is 1. The Bertz CT molecular complexity index is 405. The smallest absolute Gasteiger partial charge is 0.320 e. The molecule has 3 aliphatic rings. The normalized spacial score (nSPS) is 41.1. The summed E-state index contributed by atoms with van der Waals surface area (Å²) in [7, 11) is 0. The summed E-state index contributed by atoms with van der Waals surface area (Å²) in [6.07, 6.45) is 0.287. The van der Waals surface area contributed by atoms with Crippen molar-refractivity contribution in [3.63, 3.8) is 0 Å². The van der Waals surface area contributed by atoms with E-state index < -0.39 is 24.1 Å². The van der Waals surface area contributed by atoms with E-state index in [0.717, 1.165) is 12.8 Å². The molecule has 3 N–H and O–H groups in total. The minimum Gasteiger partial charge on any atom is -0.481 e. The molecule has 3 saturated heterocycles. The molecule has 2 amide bonds. The fraction of sp³-hybridized carbons (Fsp3) is 0.833. The average Bonchev–Trinajstić information content (AvgIpc) is 3.02. The van der Waals surface area contributed by atoms with Gasteiger partial charge in [-0.25, -0.2) is 4.79 Å². The standard InChI is InChI=1S/C12H18N2O5/c15-9-4-13(5-10(9)16)12(19)14-6-1-2-8(14)7(3-6)11(17)18/h6-10,15-16H,1-5H2,(H,17,18). The van der Waals surface area contributed by atoms with Crippen LogP contribution < -0.4 is 0 Å². The summed E-state index contributed by atoms with van der Waals surface area (Å²) in [5.41, 5.74) is 0. The molecule has 7 heteroatoms. The number of β-amino-alcohol motifs (C(OH)–C–C–N with tert-alkyl or cyclic N) is 2. The molecule has 0 saturated carbocycles. The monoisotopic (exact) mass is 270 g/mol. The number of urea groups is 1. The van der Waals surface area contributed by atoms with E-state index in [1.54, 1.807) is 4.90 Å². The first-order chi connectivity index (χ1) is 8.99. The largest absolute Gasteiger partial charge is 0.481 e. The SMILES string of the molecule is O=C(O)C1CC2CCC1N2C(=O)N1CC(O)C(O)C1. The zero-order chi connectivity index (χ0) is 13.7. The van der Waals surface area contributed by atoms with Gasteiger partial charge in [0, 0.05) is 12.1 Å². The first-order valence-corrected chi connectivity index (χ1v) is 6.65. The van der Waals surface area contributed by atoms with Gasteiger partial charge in [0.25, 0.3) is 0 Å². The van der Waals surface area contributed by atoms with Gasteiger partial charge in [0.1, 0.15) is 0 Å². The number of carboxylic acids is 1. The number of carbonyl (C=O) groups is 2. The molecule has 0 aliphatic carbocycles. The van der Waals surface area contributed by atoms with Crippen LogP contribution in [0.25, 0.3) is 0 Å². The number of carbonyl (C=O) groups excluding carboxylic acids is 1. The van der Waals surface area contributed by atoms with Crippen molar-refractivity contribution in [3.05, 3.63) is 0 Å². The third-order valence-electron chi connectivity index (χ3n) is 4.60. The quantitative estimate of drug-likeness (QED) is 0.572. The second-order valence-corrected chi connectivity index (χ2v) is 5.71. The van der Waals surface area contributed by atoms with Gasteiger partial charge in [-0.15, -0.1) is 0 Å². The molecule has 3 rings (SSSR count). The van der Waals surface area contributed by atoms with Crippen LogP contribution in [0.15, 0.2) is 0 Å². The summed E-state index contributed by atoms with van der Waals surface area (Å²) in [5.74, 6) is -1.31. The maximum Gasteiger partial charge on any atom is 0.320 e. The van der Waals surface area contributed by atoms with E-state index in [9.17, 15) is 19.8 Å². The first-order valence-electron chi connectivity index (χ1n) is 6.65. The maximum absolute atomic E-state index is 12.4. The van der Waals surface area contributed by atoms with Crippen LogP contribution in [-0.4, -0.2) is 74.5 Å². The summed E-state index contributed by atoms with van der Waals surface area (Å²) >= 11 is 0. The summed E-state index contributed by atoms with van der Waals surface area (Å²) < 4.78 is 0. The molecule has 0 aromatic heterocycles. The lowest BCUT2D eigenvalue weighted by Crippen LogP contribution is -2.46. The molecule has 2 bridgehead atoms. The third-order valence-corrected chi connectivity index (χ3v) is 4.60. The van der Waals surface area contributed by atoms with Gasteiger partial charge in [-0.3, -0.25) is 4.79 Å². The van der Waals surface area contributed by atoms with Crippen LogP contribution in [-0.2, 0) is 4.79 Å². The van der Waals surface area contributed by atoms with Crippen molar-refractivity contribution < 1.29 is 24.9 Å². The summed E-state index contributed by atoms with van der Waals surface area (Å²) in [5, 5.41) is 28.1. The van der Waals surface area contributed by atoms with E-state index in [1.807, 2.05) is 0 Å². The van der Waals surface area contributed by atoms with Crippen molar-refractivity contribution in [1.29, 1.82) is 0 Å². The molecule has 5 unspecified atom stereocenters. The van der Waals surface area contributed by atoms with Crippen molar-refractivity contribution in [1.82, 2.24) is 9.80 Å². The van der Waals surface area contributed by atoms with Gasteiger partial charge in [0.15, 0.2) is 0 Å². The Labute approximate surface area is 110 Å². The Kier molecular flexibility index (Phi) is 2.90. The number of rotatable bonds is 1. The Morgan fingerprint density at radius 1 is 1.05 bits per heavy atom. The fourth-order valence-electron chi connectivity index (χ4n) is 3.64. The van der Waals surface area contributed by atoms with Crippen LogP contribution >= 0.6 is 0 Å². The van der Waals surface area contributed by atoms with E-state index in [-0.39, 0.29) is 31.2 Å². The molecule has 106 valence electrons. The fourth-order valence-corrected chi connectivity index (χ4v) is 3.64. The van der Waals surface area contributed by atoms with Gasteiger partial charge in [0.05, 0.1) is 31.2 Å². The molecule has 3 heterocycles. The van der Waals surface area contributed by atoms with Crippen molar-refractivity contribution in [2.24, 2.45) is 5.92 Å². The zero-order valence-corrected chi connectivity index (χ0v) is 10.5. The van der Waals surface area contributed by atoms with Crippen molar-refractivity contribution in [2.75, 3.05) is 13.1 Å². The highest BCUT2D eigenvalue weighted by atomic mass is 16.4. The molecular weight excluding hydrogens is 252 g/mol. The first kappa shape index (κ1) is 12.7. The van der Waals surface area contributed by atoms with Gasteiger partial charge in [0.2, 0.25) is 0 Å². The average molecular weight is 270 g/mol. The summed E-state index contributed by atoms with van der Waals surface area (Å²) in [6, 6.07) is -0.481. The van der Waals surface area contributed by atoms with Gasteiger partial charge in [-0.2, -0.15) is 0 Å². The Morgan fingerprint density at radius 3 is 2.21 bits per heavy atom. The van der Waals surface area contributed by atoms with Crippen molar-refractivity contribution >= 4 is 12.0 Å². The molecule has 7 nitrogen and oxygen atoms in total. The number of nitrogens with zero attached hydrogens (tertiary/aromatic N) is 2. The Hall–Kier alpha value is -1.34. The zero-order valence-electron chi connectivity index (χ0n) is 10.5. The lowest BCUT2D eigenvalue weighted by molar-refractivity contribution is -0.142. The third kappa shape index (κ3) is 1.88. The predicted octanol–water partition coefficient (Wildman–Crippen LogP) is -0.919. The van der Waals surface area contributed by atoms with Crippen LogP contribution in [0.2, 0.25) is 0 Å². The number of aliphatic hydroxyl groups excluding tert-OH is 2. The van der Waals surface area contributed by atoms with Crippen LogP contribution in [0.3, 0.4) is 0 Å². The molecule has 0 aromatic carbocycles. The van der Waals surface area contributed by atoms with Gasteiger partial charge >= 0.3 is 12.0 Å². The van der Waals surface area contributed by atoms with Crippen LogP contribution in [0.4, 0.5) is 4.79 Å². The number of hydrogen-bond donors (Lipinski definition) is 3. The van der Waals surface area contributed by atoms with Gasteiger partial charge in [-0.1, -0.05) is 0 Å². The molecule has 19 heavy (non-hydrogen) atoms. The molecule has 0 aromatic rings. The van der Waals surface area contributed by atoms with Gasteiger partial charge in [-0.05, 0) is 19.3 Å². The highest BCUT2D eigenvalue weighted by molar-refractivity contribution is 5.79. The van der Waals surface area contributed by atoms with Crippen LogP contribution in [0, 0.1) is 5.92 Å². The second kappa shape index (κ2) is 4.35. The van der Waals surface area contributed by atoms with Crippen LogP contribution in [0.1, 0.15) is 19.3 Å². The number of hydrogen-bond acceptors (Lipinski definition) is 4. The minimum atomic E-state index is -0.903. The molecule has 0 radical (unpaired) electrons. The van der Waals surface area contributed by atoms with Crippen molar-refractivity contribution in [2.45, 2.75) is 43.6 Å². The summed E-state index contributed by atoms with van der Waals surface area (Å²) in [4.78, 5) is 26.6. The van der Waals surface area contributed by atoms with Gasteiger partial charge < -0.3 is 25.1 Å². The van der Waals surface area contributed by atoms with E-state index in [1.165, 1.54) is 4.90 Å². The Morgan fingerprint density at radius 2 is 1.68 bits per heavy atom. The molecular formula is C12H18N2O5. The number of amides is 2. The van der Waals surface area contributed by atoms with E-state index >= 15 is 0 Å². The van der Waals surface area contributed by atoms with E-state index in [0.29, 0.717) is 6.42 Å². The highest BCUT2D eigenvalue weighted by Crippen LogP contribution is 2.42. The topological polar surface area (TPSA) is 101 Å². The lowest BCUT2D eigenvalue weighted by Gasteiger charge is -2.28. The number of fused-ring (bicyclic) bond motifs is 2. The second-order valence-electron chi connectivity index (χ2n) is 5.71. The van der Waals surface area contributed by atoms with Crippen molar-refractivity contribution in [3.8, 4) is 0 Å². The van der Waals surface area contributed by atoms with E-state index in [4.69, 9.17) is 5.11 Å².